The Balaban J connectivity index is 2.23. The van der Waals surface area contributed by atoms with Crippen LogP contribution in [0.5, 0.6) is 0 Å². The SMILES string of the molecule is C=CCNc1nc(C)cn1Cc1ccncc1C. The highest BCUT2D eigenvalue weighted by Gasteiger charge is 2.06. The van der Waals surface area contributed by atoms with Crippen LogP contribution in [0.2, 0.25) is 0 Å². The van der Waals surface area contributed by atoms with Crippen molar-refractivity contribution in [3.05, 3.63) is 54.1 Å². The van der Waals surface area contributed by atoms with Gasteiger partial charge in [0.2, 0.25) is 5.95 Å². The van der Waals surface area contributed by atoms with Crippen LogP contribution in [-0.2, 0) is 6.54 Å². The average molecular weight is 242 g/mol. The summed E-state index contributed by atoms with van der Waals surface area (Å²) in [6, 6.07) is 2.04. The molecule has 2 rings (SSSR count). The van der Waals surface area contributed by atoms with E-state index in [2.05, 4.69) is 33.4 Å². The van der Waals surface area contributed by atoms with E-state index in [1.54, 1.807) is 0 Å². The standard InChI is InChI=1S/C14H18N4/c1-4-6-16-14-17-12(3)9-18(14)10-13-5-7-15-8-11(13)2/h4-5,7-9H,1,6,10H2,2-3H3,(H,16,17). The number of hydrogen-bond acceptors (Lipinski definition) is 3. The number of pyridine rings is 1. The van der Waals surface area contributed by atoms with Gasteiger partial charge < -0.3 is 9.88 Å². The number of aryl methyl sites for hydroxylation is 2. The molecular formula is C14H18N4. The second-order valence-electron chi connectivity index (χ2n) is 4.31. The predicted molar refractivity (Wildman–Crippen MR) is 73.7 cm³/mol. The molecule has 0 aliphatic carbocycles. The number of imidazole rings is 1. The summed E-state index contributed by atoms with van der Waals surface area (Å²) in [5.74, 6) is 0.878. The number of hydrogen-bond donors (Lipinski definition) is 1. The highest BCUT2D eigenvalue weighted by molar-refractivity contribution is 5.32. The van der Waals surface area contributed by atoms with E-state index in [0.717, 1.165) is 18.2 Å². The summed E-state index contributed by atoms with van der Waals surface area (Å²) in [5, 5.41) is 3.24. The van der Waals surface area contributed by atoms with Gasteiger partial charge in [0.1, 0.15) is 0 Å². The van der Waals surface area contributed by atoms with E-state index in [9.17, 15) is 0 Å². The van der Waals surface area contributed by atoms with Gasteiger partial charge in [-0.1, -0.05) is 6.08 Å². The van der Waals surface area contributed by atoms with Gasteiger partial charge in [-0.25, -0.2) is 4.98 Å². The zero-order chi connectivity index (χ0) is 13.0. The van der Waals surface area contributed by atoms with Gasteiger partial charge in [-0.3, -0.25) is 4.98 Å². The minimum Gasteiger partial charge on any atom is -0.352 e. The third-order valence-corrected chi connectivity index (χ3v) is 2.78. The van der Waals surface area contributed by atoms with E-state index in [4.69, 9.17) is 0 Å². The van der Waals surface area contributed by atoms with E-state index in [-0.39, 0.29) is 0 Å². The highest BCUT2D eigenvalue weighted by Crippen LogP contribution is 2.13. The van der Waals surface area contributed by atoms with Gasteiger partial charge in [-0.2, -0.15) is 0 Å². The lowest BCUT2D eigenvalue weighted by atomic mass is 10.1. The summed E-state index contributed by atoms with van der Waals surface area (Å²) < 4.78 is 2.11. The smallest absolute Gasteiger partial charge is 0.203 e. The minimum absolute atomic E-state index is 0.714. The molecule has 94 valence electrons. The van der Waals surface area contributed by atoms with Crippen LogP contribution in [-0.4, -0.2) is 21.1 Å². The number of anilines is 1. The largest absolute Gasteiger partial charge is 0.352 e. The minimum atomic E-state index is 0.714. The molecule has 18 heavy (non-hydrogen) atoms. The molecule has 0 unspecified atom stereocenters. The van der Waals surface area contributed by atoms with Gasteiger partial charge in [-0.15, -0.1) is 6.58 Å². The molecule has 4 nitrogen and oxygen atoms in total. The van der Waals surface area contributed by atoms with E-state index in [1.165, 1.54) is 11.1 Å². The van der Waals surface area contributed by atoms with Crippen molar-refractivity contribution in [3.8, 4) is 0 Å². The van der Waals surface area contributed by atoms with Gasteiger partial charge in [0.05, 0.1) is 12.2 Å². The molecule has 0 saturated heterocycles. The maximum atomic E-state index is 4.46. The van der Waals surface area contributed by atoms with Crippen molar-refractivity contribution < 1.29 is 0 Å². The van der Waals surface area contributed by atoms with Crippen molar-refractivity contribution >= 4 is 5.95 Å². The van der Waals surface area contributed by atoms with Crippen LogP contribution < -0.4 is 5.32 Å². The molecule has 0 radical (unpaired) electrons. The predicted octanol–water partition coefficient (Wildman–Crippen LogP) is 2.54. The number of nitrogens with zero attached hydrogens (tertiary/aromatic N) is 3. The molecule has 0 atom stereocenters. The third kappa shape index (κ3) is 2.77. The molecule has 0 bridgehead atoms. The molecule has 0 spiro atoms. The Morgan fingerprint density at radius 1 is 1.44 bits per heavy atom. The first kappa shape index (κ1) is 12.4. The molecular weight excluding hydrogens is 224 g/mol. The molecule has 0 aliphatic rings. The first-order valence-electron chi connectivity index (χ1n) is 5.98. The lowest BCUT2D eigenvalue weighted by Crippen LogP contribution is -2.08. The number of nitrogens with one attached hydrogen (secondary N) is 1. The van der Waals surface area contributed by atoms with Crippen molar-refractivity contribution in [1.29, 1.82) is 0 Å². The summed E-state index contributed by atoms with van der Waals surface area (Å²) in [6.07, 6.45) is 7.58. The van der Waals surface area contributed by atoms with Gasteiger partial charge in [0.15, 0.2) is 0 Å². The fraction of sp³-hybridized carbons (Fsp3) is 0.286. The average Bonchev–Trinajstić information content (AvgIpc) is 2.70. The topological polar surface area (TPSA) is 42.7 Å². The Hall–Kier alpha value is -2.10. The van der Waals surface area contributed by atoms with Crippen LogP contribution in [0.1, 0.15) is 16.8 Å². The Morgan fingerprint density at radius 2 is 2.28 bits per heavy atom. The van der Waals surface area contributed by atoms with Crippen LogP contribution in [0.3, 0.4) is 0 Å². The Morgan fingerprint density at radius 3 is 3.00 bits per heavy atom. The van der Waals surface area contributed by atoms with Gasteiger partial charge in [-0.05, 0) is 31.0 Å². The van der Waals surface area contributed by atoms with Crippen LogP contribution in [0.4, 0.5) is 5.95 Å². The summed E-state index contributed by atoms with van der Waals surface area (Å²) in [5.41, 5.74) is 3.45. The maximum Gasteiger partial charge on any atom is 0.203 e. The van der Waals surface area contributed by atoms with Crippen LogP contribution in [0.25, 0.3) is 0 Å². The number of aromatic nitrogens is 3. The molecule has 0 amide bonds. The lowest BCUT2D eigenvalue weighted by Gasteiger charge is -2.10. The monoisotopic (exact) mass is 242 g/mol. The molecule has 2 aromatic rings. The Bertz CT molecular complexity index is 542. The van der Waals surface area contributed by atoms with Gasteiger partial charge in [0.25, 0.3) is 0 Å². The third-order valence-electron chi connectivity index (χ3n) is 2.78. The van der Waals surface area contributed by atoms with Crippen molar-refractivity contribution in [1.82, 2.24) is 14.5 Å². The summed E-state index contributed by atoms with van der Waals surface area (Å²) >= 11 is 0. The van der Waals surface area contributed by atoms with Crippen LogP contribution >= 0.6 is 0 Å². The van der Waals surface area contributed by atoms with Gasteiger partial charge in [0, 0.05) is 25.1 Å². The van der Waals surface area contributed by atoms with E-state index in [1.807, 2.05) is 37.7 Å². The van der Waals surface area contributed by atoms with Crippen LogP contribution in [0.15, 0.2) is 37.3 Å². The van der Waals surface area contributed by atoms with Crippen molar-refractivity contribution in [2.24, 2.45) is 0 Å². The zero-order valence-corrected chi connectivity index (χ0v) is 10.8. The molecule has 1 N–H and O–H groups in total. The van der Waals surface area contributed by atoms with Crippen LogP contribution in [0, 0.1) is 13.8 Å². The van der Waals surface area contributed by atoms with Gasteiger partial charge >= 0.3 is 0 Å². The summed E-state index contributed by atoms with van der Waals surface area (Å²) in [4.78, 5) is 8.57. The fourth-order valence-corrected chi connectivity index (χ4v) is 1.83. The van der Waals surface area contributed by atoms with Crippen molar-refractivity contribution in [2.75, 3.05) is 11.9 Å². The molecule has 0 aliphatic heterocycles. The molecule has 2 heterocycles. The molecule has 2 aromatic heterocycles. The van der Waals surface area contributed by atoms with E-state index < -0.39 is 0 Å². The Labute approximate surface area is 107 Å². The molecule has 0 saturated carbocycles. The first-order chi connectivity index (χ1) is 8.70. The first-order valence-corrected chi connectivity index (χ1v) is 5.98. The molecule has 0 fully saturated rings. The van der Waals surface area contributed by atoms with E-state index in [0.29, 0.717) is 6.54 Å². The zero-order valence-electron chi connectivity index (χ0n) is 10.8. The highest BCUT2D eigenvalue weighted by atomic mass is 15.2. The number of rotatable bonds is 5. The second-order valence-corrected chi connectivity index (χ2v) is 4.31. The quantitative estimate of drug-likeness (QED) is 0.819. The summed E-state index contributed by atoms with van der Waals surface area (Å²) in [7, 11) is 0. The van der Waals surface area contributed by atoms with Crippen molar-refractivity contribution in [2.45, 2.75) is 20.4 Å². The Kier molecular flexibility index (Phi) is 3.77. The summed E-state index contributed by atoms with van der Waals surface area (Å²) in [6.45, 7) is 9.28. The fourth-order valence-electron chi connectivity index (χ4n) is 1.83. The van der Waals surface area contributed by atoms with Crippen molar-refractivity contribution in [3.63, 3.8) is 0 Å². The van der Waals surface area contributed by atoms with E-state index >= 15 is 0 Å². The maximum absolute atomic E-state index is 4.46. The second kappa shape index (κ2) is 5.49. The normalized spacial score (nSPS) is 10.3. The molecule has 0 aromatic carbocycles. The molecule has 4 heteroatoms. The lowest BCUT2D eigenvalue weighted by molar-refractivity contribution is 0.794.